The standard InChI is InChI=1S/C21H17BrN4O/c22-15-8-6-14(7-9-15)19-12-17(21(27)25-24-19)18-13-26(11-3-10-23)20-5-2-1-4-16(18)20/h1-2,4-9,13,17H,3,11-12H2,(H,25,27)/t17-/m1/s1. The molecule has 0 unspecified atom stereocenters. The van der Waals surface area contributed by atoms with Gasteiger partial charge in [0.25, 0.3) is 0 Å². The first-order valence-corrected chi connectivity index (χ1v) is 9.54. The van der Waals surface area contributed by atoms with Crippen molar-refractivity contribution >= 4 is 38.5 Å². The van der Waals surface area contributed by atoms with Gasteiger partial charge in [-0.2, -0.15) is 10.4 Å². The van der Waals surface area contributed by atoms with Crippen LogP contribution in [0.3, 0.4) is 0 Å². The summed E-state index contributed by atoms with van der Waals surface area (Å²) in [5.41, 5.74) is 6.57. The topological polar surface area (TPSA) is 70.2 Å². The minimum Gasteiger partial charge on any atom is -0.346 e. The van der Waals surface area contributed by atoms with Crippen LogP contribution in [0.15, 0.2) is 64.3 Å². The van der Waals surface area contributed by atoms with Gasteiger partial charge in [-0.05, 0) is 29.3 Å². The second-order valence-corrected chi connectivity index (χ2v) is 7.42. The third-order valence-electron chi connectivity index (χ3n) is 4.85. The van der Waals surface area contributed by atoms with Crippen molar-refractivity contribution in [1.29, 1.82) is 5.26 Å². The van der Waals surface area contributed by atoms with Crippen LogP contribution in [0.2, 0.25) is 0 Å². The highest BCUT2D eigenvalue weighted by Gasteiger charge is 2.29. The maximum atomic E-state index is 12.6. The molecule has 5 nitrogen and oxygen atoms in total. The van der Waals surface area contributed by atoms with Crippen molar-refractivity contribution in [2.45, 2.75) is 25.3 Å². The Morgan fingerprint density at radius 2 is 2.00 bits per heavy atom. The minimum absolute atomic E-state index is 0.0981. The highest BCUT2D eigenvalue weighted by molar-refractivity contribution is 9.10. The van der Waals surface area contributed by atoms with Crippen LogP contribution in [-0.4, -0.2) is 16.2 Å². The number of hydrogen-bond donors (Lipinski definition) is 1. The van der Waals surface area contributed by atoms with Crippen LogP contribution < -0.4 is 5.43 Å². The number of rotatable bonds is 4. The van der Waals surface area contributed by atoms with Gasteiger partial charge >= 0.3 is 0 Å². The molecule has 1 aliphatic rings. The smallest absolute Gasteiger partial charge is 0.248 e. The van der Waals surface area contributed by atoms with Crippen molar-refractivity contribution in [3.63, 3.8) is 0 Å². The van der Waals surface area contributed by atoms with Crippen LogP contribution in [0, 0.1) is 11.3 Å². The first kappa shape index (κ1) is 17.5. The molecule has 6 heteroatoms. The SMILES string of the molecule is N#CCCn1cc([C@H]2CC(c3ccc(Br)cc3)=NNC2=O)c2ccccc21. The fraction of sp³-hybridized carbons (Fsp3) is 0.190. The number of nitrogens with one attached hydrogen (secondary N) is 1. The molecule has 0 fully saturated rings. The van der Waals surface area contributed by atoms with Crippen molar-refractivity contribution in [1.82, 2.24) is 9.99 Å². The zero-order valence-corrected chi connectivity index (χ0v) is 16.1. The van der Waals surface area contributed by atoms with Gasteiger partial charge in [0.05, 0.1) is 24.1 Å². The van der Waals surface area contributed by atoms with Gasteiger partial charge in [0, 0.05) is 34.5 Å². The van der Waals surface area contributed by atoms with Crippen molar-refractivity contribution in [2.75, 3.05) is 0 Å². The zero-order valence-electron chi connectivity index (χ0n) is 14.5. The molecule has 0 spiro atoms. The molecule has 0 saturated carbocycles. The van der Waals surface area contributed by atoms with Crippen molar-refractivity contribution in [3.8, 4) is 6.07 Å². The van der Waals surface area contributed by atoms with E-state index in [-0.39, 0.29) is 11.8 Å². The number of hydrazone groups is 1. The lowest BCUT2D eigenvalue weighted by Crippen LogP contribution is -2.33. The molecule has 0 bridgehead atoms. The van der Waals surface area contributed by atoms with Crippen LogP contribution in [0.5, 0.6) is 0 Å². The molecule has 1 aliphatic heterocycles. The molecule has 0 aliphatic carbocycles. The van der Waals surface area contributed by atoms with Gasteiger partial charge in [0.1, 0.15) is 0 Å². The Hall–Kier alpha value is -2.91. The number of carbonyl (C=O) groups excluding carboxylic acids is 1. The molecule has 0 saturated heterocycles. The number of aryl methyl sites for hydroxylation is 1. The van der Waals surface area contributed by atoms with E-state index in [1.165, 1.54) is 0 Å². The van der Waals surface area contributed by atoms with E-state index in [0.717, 1.165) is 32.2 Å². The molecule has 1 atom stereocenters. The van der Waals surface area contributed by atoms with E-state index < -0.39 is 0 Å². The summed E-state index contributed by atoms with van der Waals surface area (Å²) in [5, 5.41) is 14.3. The second-order valence-electron chi connectivity index (χ2n) is 6.50. The predicted octanol–water partition coefficient (Wildman–Crippen LogP) is 4.33. The lowest BCUT2D eigenvalue weighted by atomic mass is 9.89. The predicted molar refractivity (Wildman–Crippen MR) is 108 cm³/mol. The fourth-order valence-corrected chi connectivity index (χ4v) is 3.78. The average Bonchev–Trinajstić information content (AvgIpc) is 3.06. The van der Waals surface area contributed by atoms with E-state index in [0.29, 0.717) is 19.4 Å². The Kier molecular flexibility index (Phi) is 4.78. The van der Waals surface area contributed by atoms with Crippen LogP contribution in [0.25, 0.3) is 10.9 Å². The summed E-state index contributed by atoms with van der Waals surface area (Å²) in [7, 11) is 0. The van der Waals surface area contributed by atoms with Crippen LogP contribution in [-0.2, 0) is 11.3 Å². The van der Waals surface area contributed by atoms with Crippen molar-refractivity contribution in [3.05, 3.63) is 70.3 Å². The maximum absolute atomic E-state index is 12.6. The average molecular weight is 421 g/mol. The summed E-state index contributed by atoms with van der Waals surface area (Å²) in [6.07, 6.45) is 2.98. The van der Waals surface area contributed by atoms with Crippen molar-refractivity contribution < 1.29 is 4.79 Å². The zero-order chi connectivity index (χ0) is 18.8. The number of para-hydroxylation sites is 1. The monoisotopic (exact) mass is 420 g/mol. The van der Waals surface area contributed by atoms with Gasteiger partial charge < -0.3 is 4.57 Å². The minimum atomic E-state index is -0.311. The molecule has 1 N–H and O–H groups in total. The molecule has 2 heterocycles. The number of hydrogen-bond acceptors (Lipinski definition) is 3. The van der Waals surface area contributed by atoms with Gasteiger partial charge in [-0.15, -0.1) is 0 Å². The number of fused-ring (bicyclic) bond motifs is 1. The van der Waals surface area contributed by atoms with E-state index in [2.05, 4.69) is 37.1 Å². The summed E-state index contributed by atoms with van der Waals surface area (Å²) in [6.45, 7) is 0.610. The second kappa shape index (κ2) is 7.37. The Labute approximate surface area is 165 Å². The molecule has 2 aromatic carbocycles. The van der Waals surface area contributed by atoms with E-state index in [1.807, 2.05) is 54.7 Å². The lowest BCUT2D eigenvalue weighted by Gasteiger charge is -2.21. The van der Waals surface area contributed by atoms with Crippen LogP contribution >= 0.6 is 15.9 Å². The third kappa shape index (κ3) is 3.38. The first-order chi connectivity index (χ1) is 13.2. The third-order valence-corrected chi connectivity index (χ3v) is 5.38. The summed E-state index contributed by atoms with van der Waals surface area (Å²) in [5.74, 6) is -0.409. The number of nitriles is 1. The fourth-order valence-electron chi connectivity index (χ4n) is 3.52. The molecule has 1 amide bonds. The lowest BCUT2D eigenvalue weighted by molar-refractivity contribution is -0.122. The Bertz CT molecular complexity index is 1080. The van der Waals surface area contributed by atoms with Gasteiger partial charge in [-0.1, -0.05) is 46.3 Å². The summed E-state index contributed by atoms with van der Waals surface area (Å²) < 4.78 is 3.07. The first-order valence-electron chi connectivity index (χ1n) is 8.74. The molecular formula is C21H17BrN4O. The number of aromatic nitrogens is 1. The maximum Gasteiger partial charge on any atom is 0.248 e. The largest absolute Gasteiger partial charge is 0.346 e. The summed E-state index contributed by atoms with van der Waals surface area (Å²) >= 11 is 3.44. The van der Waals surface area contributed by atoms with E-state index >= 15 is 0 Å². The summed E-state index contributed by atoms with van der Waals surface area (Å²) in [4.78, 5) is 12.6. The number of nitrogens with zero attached hydrogens (tertiary/aromatic N) is 3. The Morgan fingerprint density at radius 3 is 2.78 bits per heavy atom. The number of halogens is 1. The van der Waals surface area contributed by atoms with Gasteiger partial charge in [0.2, 0.25) is 5.91 Å². The molecule has 27 heavy (non-hydrogen) atoms. The van der Waals surface area contributed by atoms with Crippen molar-refractivity contribution in [2.24, 2.45) is 5.10 Å². The number of amides is 1. The van der Waals surface area contributed by atoms with Gasteiger partial charge in [-0.3, -0.25) is 4.79 Å². The van der Waals surface area contributed by atoms with Crippen LogP contribution in [0.1, 0.15) is 29.9 Å². The number of carbonyl (C=O) groups is 1. The van der Waals surface area contributed by atoms with E-state index in [4.69, 9.17) is 5.26 Å². The highest BCUT2D eigenvalue weighted by atomic mass is 79.9. The molecule has 3 aromatic rings. The molecule has 0 radical (unpaired) electrons. The van der Waals surface area contributed by atoms with E-state index in [1.54, 1.807) is 0 Å². The quantitative estimate of drug-likeness (QED) is 0.682. The van der Waals surface area contributed by atoms with Gasteiger partial charge in [0.15, 0.2) is 0 Å². The molecule has 4 rings (SSSR count). The summed E-state index contributed by atoms with van der Waals surface area (Å²) in [6, 6.07) is 18.1. The van der Waals surface area contributed by atoms with E-state index in [9.17, 15) is 4.79 Å². The Balaban J connectivity index is 1.72. The molecule has 1 aromatic heterocycles. The molecule has 134 valence electrons. The van der Waals surface area contributed by atoms with Gasteiger partial charge in [-0.25, -0.2) is 5.43 Å². The Morgan fingerprint density at radius 1 is 1.22 bits per heavy atom. The highest BCUT2D eigenvalue weighted by Crippen LogP contribution is 2.33. The number of benzene rings is 2. The van der Waals surface area contributed by atoms with Crippen LogP contribution in [0.4, 0.5) is 0 Å². The molecular weight excluding hydrogens is 404 g/mol. The normalized spacial score (nSPS) is 16.7.